The summed E-state index contributed by atoms with van der Waals surface area (Å²) in [7, 11) is 0. The fraction of sp³-hybridized carbons (Fsp3) is 0.316. The normalized spacial score (nSPS) is 10.1. The number of carbonyl (C=O) groups excluding carboxylic acids is 2. The third-order valence-corrected chi connectivity index (χ3v) is 3.51. The minimum Gasteiger partial charge on any atom is -0.477 e. The molecule has 1 aromatic carbocycles. The summed E-state index contributed by atoms with van der Waals surface area (Å²) in [5, 5.41) is 5.36. The number of pyridine rings is 1. The standard InChI is InChI=1S/C19H23N3O3/c1-2-3-12-25-19-16(10-7-11-20-19)13-21-17(23)14-22-18(24)15-8-5-4-6-9-15/h4-11H,2-3,12-14H2,1H3,(H,21,23)(H,22,24). The van der Waals surface area contributed by atoms with Gasteiger partial charge in [-0.2, -0.15) is 0 Å². The van der Waals surface area contributed by atoms with Crippen LogP contribution < -0.4 is 15.4 Å². The Bertz CT molecular complexity index is 689. The van der Waals surface area contributed by atoms with Gasteiger partial charge in [-0.1, -0.05) is 37.6 Å². The molecule has 2 amide bonds. The molecule has 1 heterocycles. The molecule has 0 unspecified atom stereocenters. The lowest BCUT2D eigenvalue weighted by Crippen LogP contribution is -2.36. The Morgan fingerprint density at radius 1 is 1.08 bits per heavy atom. The summed E-state index contributed by atoms with van der Waals surface area (Å²) < 4.78 is 5.63. The van der Waals surface area contributed by atoms with Crippen LogP contribution in [0.1, 0.15) is 35.7 Å². The number of aromatic nitrogens is 1. The molecule has 2 aromatic rings. The topological polar surface area (TPSA) is 80.3 Å². The van der Waals surface area contributed by atoms with Gasteiger partial charge in [0, 0.05) is 23.9 Å². The van der Waals surface area contributed by atoms with Crippen LogP contribution in [0.4, 0.5) is 0 Å². The molecule has 132 valence electrons. The third kappa shape index (κ3) is 6.25. The van der Waals surface area contributed by atoms with Gasteiger partial charge in [-0.15, -0.1) is 0 Å². The first-order valence-corrected chi connectivity index (χ1v) is 8.37. The van der Waals surface area contributed by atoms with E-state index in [0.29, 0.717) is 24.6 Å². The quantitative estimate of drug-likeness (QED) is 0.686. The first kappa shape index (κ1) is 18.4. The summed E-state index contributed by atoms with van der Waals surface area (Å²) >= 11 is 0. The van der Waals surface area contributed by atoms with Crippen molar-refractivity contribution in [3.63, 3.8) is 0 Å². The number of rotatable bonds is 9. The van der Waals surface area contributed by atoms with Crippen LogP contribution in [0.2, 0.25) is 0 Å². The van der Waals surface area contributed by atoms with Gasteiger partial charge in [-0.3, -0.25) is 9.59 Å². The molecule has 2 rings (SSSR count). The number of benzene rings is 1. The Labute approximate surface area is 147 Å². The number of carbonyl (C=O) groups is 2. The lowest BCUT2D eigenvalue weighted by atomic mass is 10.2. The molecule has 0 bridgehead atoms. The molecule has 0 aliphatic heterocycles. The molecule has 0 radical (unpaired) electrons. The number of nitrogens with zero attached hydrogens (tertiary/aromatic N) is 1. The highest BCUT2D eigenvalue weighted by Crippen LogP contribution is 2.14. The Hall–Kier alpha value is -2.89. The predicted octanol–water partition coefficient (Wildman–Crippen LogP) is 2.31. The van der Waals surface area contributed by atoms with E-state index in [9.17, 15) is 9.59 Å². The average Bonchev–Trinajstić information content (AvgIpc) is 2.66. The van der Waals surface area contributed by atoms with Gasteiger partial charge in [-0.25, -0.2) is 4.98 Å². The van der Waals surface area contributed by atoms with E-state index in [1.54, 1.807) is 36.5 Å². The molecule has 0 fully saturated rings. The van der Waals surface area contributed by atoms with Gasteiger partial charge < -0.3 is 15.4 Å². The first-order chi connectivity index (χ1) is 12.2. The van der Waals surface area contributed by atoms with Crippen LogP contribution >= 0.6 is 0 Å². The number of ether oxygens (including phenoxy) is 1. The predicted molar refractivity (Wildman–Crippen MR) is 95.3 cm³/mol. The van der Waals surface area contributed by atoms with Gasteiger partial charge >= 0.3 is 0 Å². The van der Waals surface area contributed by atoms with Gasteiger partial charge in [0.2, 0.25) is 11.8 Å². The molecular formula is C19H23N3O3. The maximum Gasteiger partial charge on any atom is 0.251 e. The molecule has 0 atom stereocenters. The van der Waals surface area contributed by atoms with Crippen molar-refractivity contribution in [2.24, 2.45) is 0 Å². The molecular weight excluding hydrogens is 318 g/mol. The molecule has 0 saturated heterocycles. The van der Waals surface area contributed by atoms with Crippen LogP contribution in [0.3, 0.4) is 0 Å². The molecule has 1 aromatic heterocycles. The fourth-order valence-electron chi connectivity index (χ4n) is 2.11. The molecule has 6 heteroatoms. The zero-order valence-corrected chi connectivity index (χ0v) is 14.3. The molecule has 0 saturated carbocycles. The SMILES string of the molecule is CCCCOc1ncccc1CNC(=O)CNC(=O)c1ccccc1. The monoisotopic (exact) mass is 341 g/mol. The lowest BCUT2D eigenvalue weighted by molar-refractivity contribution is -0.120. The van der Waals surface area contributed by atoms with Crippen molar-refractivity contribution in [3.05, 3.63) is 59.8 Å². The molecule has 0 aliphatic rings. The zero-order chi connectivity index (χ0) is 17.9. The Kier molecular flexibility index (Phi) is 7.43. The van der Waals surface area contributed by atoms with E-state index in [1.165, 1.54) is 0 Å². The van der Waals surface area contributed by atoms with Crippen LogP contribution in [0, 0.1) is 0 Å². The first-order valence-electron chi connectivity index (χ1n) is 8.37. The summed E-state index contributed by atoms with van der Waals surface area (Å²) in [5.74, 6) is -0.0158. The fourth-order valence-corrected chi connectivity index (χ4v) is 2.11. The highest BCUT2D eigenvalue weighted by atomic mass is 16.5. The lowest BCUT2D eigenvalue weighted by Gasteiger charge is -2.11. The van der Waals surface area contributed by atoms with Crippen molar-refractivity contribution >= 4 is 11.8 Å². The summed E-state index contributed by atoms with van der Waals surface area (Å²) in [6.07, 6.45) is 3.65. The van der Waals surface area contributed by atoms with Crippen LogP contribution in [0.25, 0.3) is 0 Å². The van der Waals surface area contributed by atoms with Gasteiger partial charge in [-0.05, 0) is 24.6 Å². The summed E-state index contributed by atoms with van der Waals surface area (Å²) in [6.45, 7) is 2.91. The minimum atomic E-state index is -0.277. The number of hydrogen-bond acceptors (Lipinski definition) is 4. The number of hydrogen-bond donors (Lipinski definition) is 2. The molecule has 2 N–H and O–H groups in total. The third-order valence-electron chi connectivity index (χ3n) is 3.51. The van der Waals surface area contributed by atoms with Gasteiger partial charge in [0.25, 0.3) is 5.91 Å². The summed E-state index contributed by atoms with van der Waals surface area (Å²) in [6, 6.07) is 12.4. The van der Waals surface area contributed by atoms with Crippen LogP contribution in [0.15, 0.2) is 48.7 Å². The minimum absolute atomic E-state index is 0.0833. The number of amides is 2. The van der Waals surface area contributed by atoms with Gasteiger partial charge in [0.15, 0.2) is 0 Å². The van der Waals surface area contributed by atoms with E-state index in [1.807, 2.05) is 12.1 Å². The van der Waals surface area contributed by atoms with Crippen molar-refractivity contribution < 1.29 is 14.3 Å². The summed E-state index contributed by atoms with van der Waals surface area (Å²) in [5.41, 5.74) is 1.33. The van der Waals surface area contributed by atoms with E-state index in [-0.39, 0.29) is 18.4 Å². The smallest absolute Gasteiger partial charge is 0.251 e. The average molecular weight is 341 g/mol. The van der Waals surface area contributed by atoms with Crippen LogP contribution in [0.5, 0.6) is 5.88 Å². The van der Waals surface area contributed by atoms with Crippen molar-refractivity contribution in [3.8, 4) is 5.88 Å². The van der Waals surface area contributed by atoms with E-state index in [0.717, 1.165) is 18.4 Å². The van der Waals surface area contributed by atoms with Crippen molar-refractivity contribution in [1.82, 2.24) is 15.6 Å². The van der Waals surface area contributed by atoms with Crippen LogP contribution in [-0.2, 0) is 11.3 Å². The second-order valence-electron chi connectivity index (χ2n) is 5.50. The van der Waals surface area contributed by atoms with E-state index < -0.39 is 0 Å². The highest BCUT2D eigenvalue weighted by Gasteiger charge is 2.09. The van der Waals surface area contributed by atoms with E-state index >= 15 is 0 Å². The van der Waals surface area contributed by atoms with E-state index in [2.05, 4.69) is 22.5 Å². The molecule has 0 spiro atoms. The maximum absolute atomic E-state index is 11.9. The number of nitrogens with one attached hydrogen (secondary N) is 2. The zero-order valence-electron chi connectivity index (χ0n) is 14.3. The second kappa shape index (κ2) is 10.1. The largest absolute Gasteiger partial charge is 0.477 e. The summed E-state index contributed by atoms with van der Waals surface area (Å²) in [4.78, 5) is 28.0. The Morgan fingerprint density at radius 3 is 2.64 bits per heavy atom. The second-order valence-corrected chi connectivity index (χ2v) is 5.50. The van der Waals surface area contributed by atoms with E-state index in [4.69, 9.17) is 4.74 Å². The number of unbranched alkanes of at least 4 members (excludes halogenated alkanes) is 1. The van der Waals surface area contributed by atoms with Crippen molar-refractivity contribution in [1.29, 1.82) is 0 Å². The molecule has 6 nitrogen and oxygen atoms in total. The molecule has 0 aliphatic carbocycles. The Morgan fingerprint density at radius 2 is 1.88 bits per heavy atom. The Balaban J connectivity index is 1.79. The van der Waals surface area contributed by atoms with Gasteiger partial charge in [0.05, 0.1) is 13.2 Å². The highest BCUT2D eigenvalue weighted by molar-refractivity contribution is 5.96. The molecule has 25 heavy (non-hydrogen) atoms. The van der Waals surface area contributed by atoms with Gasteiger partial charge in [0.1, 0.15) is 0 Å². The maximum atomic E-state index is 11.9. The van der Waals surface area contributed by atoms with Crippen LogP contribution in [-0.4, -0.2) is 29.9 Å². The van der Waals surface area contributed by atoms with Crippen molar-refractivity contribution in [2.45, 2.75) is 26.3 Å². The van der Waals surface area contributed by atoms with Crippen molar-refractivity contribution in [2.75, 3.05) is 13.2 Å².